The van der Waals surface area contributed by atoms with Gasteiger partial charge in [0.1, 0.15) is 0 Å². The molecule has 0 aliphatic carbocycles. The molecule has 3 N–H and O–H groups in total. The quantitative estimate of drug-likeness (QED) is 0.356. The number of nitrogens with zero attached hydrogens (tertiary/aromatic N) is 2. The van der Waals surface area contributed by atoms with Crippen molar-refractivity contribution < 1.29 is 9.59 Å². The molecular weight excluding hydrogens is 412 g/mol. The van der Waals surface area contributed by atoms with Crippen LogP contribution in [0.25, 0.3) is 0 Å². The molecule has 0 atom stereocenters. The topological polar surface area (TPSA) is 78.7 Å². The minimum atomic E-state index is -0.267. The molecule has 0 heterocycles. The van der Waals surface area contributed by atoms with Gasteiger partial charge >= 0.3 is 0 Å². The van der Waals surface area contributed by atoms with Crippen molar-refractivity contribution in [2.24, 2.45) is 0 Å². The smallest absolute Gasteiger partial charge is 0.255 e. The lowest BCUT2D eigenvalue weighted by molar-refractivity contribution is 0.0739. The predicted molar refractivity (Wildman–Crippen MR) is 134 cm³/mol. The van der Waals surface area contributed by atoms with Crippen molar-refractivity contribution in [3.63, 3.8) is 0 Å². The molecule has 2 amide bonds. The van der Waals surface area contributed by atoms with Crippen molar-refractivity contribution in [2.45, 2.75) is 19.4 Å². The number of hydrogen-bond acceptors (Lipinski definition) is 4. The lowest BCUT2D eigenvalue weighted by atomic mass is 10.1. The third kappa shape index (κ3) is 7.19. The number of carbonyl (C=O) groups is 2. The molecule has 0 bridgehead atoms. The van der Waals surface area contributed by atoms with Gasteiger partial charge in [0, 0.05) is 24.2 Å². The van der Waals surface area contributed by atoms with Gasteiger partial charge in [0.05, 0.1) is 11.4 Å². The molecule has 3 aromatic rings. The number of carbonyl (C=O) groups excluding carboxylic acids is 2. The van der Waals surface area contributed by atoms with Gasteiger partial charge in [-0.2, -0.15) is 0 Å². The van der Waals surface area contributed by atoms with E-state index in [1.807, 2.05) is 47.4 Å². The van der Waals surface area contributed by atoms with E-state index in [0.29, 0.717) is 35.6 Å². The summed E-state index contributed by atoms with van der Waals surface area (Å²) >= 11 is 0. The van der Waals surface area contributed by atoms with Crippen LogP contribution in [0.3, 0.4) is 0 Å². The van der Waals surface area contributed by atoms with Gasteiger partial charge in [-0.25, -0.2) is 0 Å². The van der Waals surface area contributed by atoms with Crippen LogP contribution in [0.2, 0.25) is 0 Å². The molecule has 3 rings (SSSR count). The number of unbranched alkanes of at least 4 members (excludes halogenated alkanes) is 1. The SMILES string of the molecule is CN(C)CCCCN(Cc1ccccc1)C(=O)c1ccc(C(=O)Nc2ccccc2N)cc1. The van der Waals surface area contributed by atoms with Crippen LogP contribution in [0.5, 0.6) is 0 Å². The molecule has 0 unspecified atom stereocenters. The Labute approximate surface area is 196 Å². The minimum Gasteiger partial charge on any atom is -0.397 e. The summed E-state index contributed by atoms with van der Waals surface area (Å²) in [5.74, 6) is -0.306. The number of benzene rings is 3. The monoisotopic (exact) mass is 444 g/mol. The Balaban J connectivity index is 1.69. The van der Waals surface area contributed by atoms with Crippen LogP contribution >= 0.6 is 0 Å². The molecule has 0 spiro atoms. The van der Waals surface area contributed by atoms with Crippen LogP contribution in [-0.2, 0) is 6.54 Å². The normalized spacial score (nSPS) is 10.8. The Hall–Kier alpha value is -3.64. The molecule has 0 fully saturated rings. The number of anilines is 2. The van der Waals surface area contributed by atoms with E-state index in [0.717, 1.165) is 24.9 Å². The Morgan fingerprint density at radius 3 is 2.06 bits per heavy atom. The molecule has 6 heteroatoms. The van der Waals surface area contributed by atoms with Crippen LogP contribution in [-0.4, -0.2) is 48.8 Å². The van der Waals surface area contributed by atoms with E-state index >= 15 is 0 Å². The van der Waals surface area contributed by atoms with E-state index in [-0.39, 0.29) is 11.8 Å². The first-order chi connectivity index (χ1) is 15.9. The first kappa shape index (κ1) is 24.0. The van der Waals surface area contributed by atoms with E-state index in [2.05, 4.69) is 24.3 Å². The molecule has 3 aromatic carbocycles. The summed E-state index contributed by atoms with van der Waals surface area (Å²) in [6.45, 7) is 2.22. The zero-order chi connectivity index (χ0) is 23.6. The van der Waals surface area contributed by atoms with Crippen LogP contribution in [0, 0.1) is 0 Å². The fourth-order valence-electron chi connectivity index (χ4n) is 3.54. The molecule has 0 saturated carbocycles. The highest BCUT2D eigenvalue weighted by Gasteiger charge is 2.17. The Morgan fingerprint density at radius 1 is 0.788 bits per heavy atom. The zero-order valence-electron chi connectivity index (χ0n) is 19.3. The van der Waals surface area contributed by atoms with E-state index in [1.54, 1.807) is 36.4 Å². The average Bonchev–Trinajstić information content (AvgIpc) is 2.82. The van der Waals surface area contributed by atoms with Crippen molar-refractivity contribution in [3.8, 4) is 0 Å². The number of nitrogens with two attached hydrogens (primary N) is 1. The van der Waals surface area contributed by atoms with E-state index in [1.165, 1.54) is 0 Å². The van der Waals surface area contributed by atoms with Gasteiger partial charge in [-0.05, 0) is 75.4 Å². The Kier molecular flexibility index (Phi) is 8.61. The highest BCUT2D eigenvalue weighted by Crippen LogP contribution is 2.18. The van der Waals surface area contributed by atoms with Gasteiger partial charge in [0.15, 0.2) is 0 Å². The molecule has 0 saturated heterocycles. The van der Waals surface area contributed by atoms with Gasteiger partial charge in [-0.3, -0.25) is 9.59 Å². The molecule has 0 aliphatic rings. The van der Waals surface area contributed by atoms with Crippen LogP contribution in [0.1, 0.15) is 39.1 Å². The van der Waals surface area contributed by atoms with Crippen molar-refractivity contribution in [1.82, 2.24) is 9.80 Å². The maximum Gasteiger partial charge on any atom is 0.255 e. The molecule has 172 valence electrons. The second-order valence-electron chi connectivity index (χ2n) is 8.34. The summed E-state index contributed by atoms with van der Waals surface area (Å²) in [6, 6.07) is 23.9. The highest BCUT2D eigenvalue weighted by molar-refractivity contribution is 6.06. The van der Waals surface area contributed by atoms with Crippen molar-refractivity contribution in [1.29, 1.82) is 0 Å². The van der Waals surface area contributed by atoms with Gasteiger partial charge < -0.3 is 20.9 Å². The Morgan fingerprint density at radius 2 is 1.39 bits per heavy atom. The largest absolute Gasteiger partial charge is 0.397 e. The maximum absolute atomic E-state index is 13.3. The van der Waals surface area contributed by atoms with Crippen LogP contribution in [0.4, 0.5) is 11.4 Å². The third-order valence-corrected chi connectivity index (χ3v) is 5.39. The number of hydrogen-bond donors (Lipinski definition) is 2. The van der Waals surface area contributed by atoms with Crippen LogP contribution in [0.15, 0.2) is 78.9 Å². The summed E-state index contributed by atoms with van der Waals surface area (Å²) in [7, 11) is 4.10. The molecule has 0 radical (unpaired) electrons. The molecule has 0 aliphatic heterocycles. The second kappa shape index (κ2) is 11.8. The summed E-state index contributed by atoms with van der Waals surface area (Å²) in [5, 5.41) is 2.81. The number of rotatable bonds is 10. The summed E-state index contributed by atoms with van der Waals surface area (Å²) in [6.07, 6.45) is 1.95. The zero-order valence-corrected chi connectivity index (χ0v) is 19.3. The molecular formula is C27H32N4O2. The van der Waals surface area contributed by atoms with E-state index < -0.39 is 0 Å². The lowest BCUT2D eigenvalue weighted by Crippen LogP contribution is -2.32. The highest BCUT2D eigenvalue weighted by atomic mass is 16.2. The van der Waals surface area contributed by atoms with Gasteiger partial charge in [0.2, 0.25) is 0 Å². The lowest BCUT2D eigenvalue weighted by Gasteiger charge is -2.23. The number of amides is 2. The summed E-state index contributed by atoms with van der Waals surface area (Å²) in [4.78, 5) is 29.9. The second-order valence-corrected chi connectivity index (χ2v) is 8.34. The van der Waals surface area contributed by atoms with E-state index in [4.69, 9.17) is 5.73 Å². The molecule has 33 heavy (non-hydrogen) atoms. The molecule has 0 aromatic heterocycles. The third-order valence-electron chi connectivity index (χ3n) is 5.39. The fraction of sp³-hybridized carbons (Fsp3) is 0.259. The number of nitrogens with one attached hydrogen (secondary N) is 1. The number of nitrogen functional groups attached to an aromatic ring is 1. The van der Waals surface area contributed by atoms with Crippen molar-refractivity contribution in [2.75, 3.05) is 38.2 Å². The maximum atomic E-state index is 13.3. The van der Waals surface area contributed by atoms with E-state index in [9.17, 15) is 9.59 Å². The minimum absolute atomic E-state index is 0.0389. The van der Waals surface area contributed by atoms with Gasteiger partial charge in [-0.15, -0.1) is 0 Å². The summed E-state index contributed by atoms with van der Waals surface area (Å²) < 4.78 is 0. The van der Waals surface area contributed by atoms with Crippen LogP contribution < -0.4 is 11.1 Å². The summed E-state index contributed by atoms with van der Waals surface area (Å²) in [5.41, 5.74) is 9.10. The predicted octanol–water partition coefficient (Wildman–Crippen LogP) is 4.51. The molecule has 6 nitrogen and oxygen atoms in total. The average molecular weight is 445 g/mol. The van der Waals surface area contributed by atoms with Gasteiger partial charge in [-0.1, -0.05) is 42.5 Å². The fourth-order valence-corrected chi connectivity index (χ4v) is 3.54. The standard InChI is InChI=1S/C27H32N4O2/c1-30(2)18-8-9-19-31(20-21-10-4-3-5-11-21)27(33)23-16-14-22(15-17-23)26(32)29-25-13-7-6-12-24(25)28/h3-7,10-17H,8-9,18-20,28H2,1-2H3,(H,29,32). The Bertz CT molecular complexity index is 1050. The number of para-hydroxylation sites is 2. The first-order valence-electron chi connectivity index (χ1n) is 11.2. The van der Waals surface area contributed by atoms with Crippen molar-refractivity contribution >= 4 is 23.2 Å². The van der Waals surface area contributed by atoms with Crippen molar-refractivity contribution in [3.05, 3.63) is 95.6 Å². The van der Waals surface area contributed by atoms with Gasteiger partial charge in [0.25, 0.3) is 11.8 Å². The first-order valence-corrected chi connectivity index (χ1v) is 11.2.